The van der Waals surface area contributed by atoms with E-state index < -0.39 is 18.0 Å². The first kappa shape index (κ1) is 23.2. The van der Waals surface area contributed by atoms with E-state index in [2.05, 4.69) is 4.99 Å². The number of rotatable bonds is 6. The Bertz CT molecular complexity index is 1460. The summed E-state index contributed by atoms with van der Waals surface area (Å²) in [4.78, 5) is 42.4. The number of ether oxygens (including phenoxy) is 2. The van der Waals surface area contributed by atoms with Crippen molar-refractivity contribution in [3.63, 3.8) is 0 Å². The maximum absolute atomic E-state index is 13.5. The normalized spacial score (nSPS) is 15.5. The maximum Gasteiger partial charge on any atom is 0.338 e. The van der Waals surface area contributed by atoms with Crippen LogP contribution in [0.1, 0.15) is 41.4 Å². The summed E-state index contributed by atoms with van der Waals surface area (Å²) in [7, 11) is 1.56. The summed E-state index contributed by atoms with van der Waals surface area (Å²) in [5.74, 6) is -1.15. The molecular weight excluding hydrogens is 456 g/mol. The number of aromatic nitrogens is 1. The van der Waals surface area contributed by atoms with Crippen LogP contribution in [0.25, 0.3) is 6.08 Å². The van der Waals surface area contributed by atoms with Gasteiger partial charge >= 0.3 is 5.97 Å². The lowest BCUT2D eigenvalue weighted by atomic mass is 9.96. The van der Waals surface area contributed by atoms with Gasteiger partial charge in [0.05, 0.1) is 41.5 Å². The van der Waals surface area contributed by atoms with E-state index in [4.69, 9.17) is 9.47 Å². The monoisotopic (exact) mass is 477 g/mol. The number of methoxy groups -OCH3 is 1. The van der Waals surface area contributed by atoms with Gasteiger partial charge in [-0.15, -0.1) is 0 Å². The van der Waals surface area contributed by atoms with Crippen molar-refractivity contribution in [3.05, 3.63) is 96.2 Å². The summed E-state index contributed by atoms with van der Waals surface area (Å²) in [6.07, 6.45) is 1.66. The van der Waals surface area contributed by atoms with Crippen LogP contribution in [0.4, 0.5) is 0 Å². The Kier molecular flexibility index (Phi) is 6.47. The number of carboxylic acid groups (broad SMARTS) is 1. The summed E-state index contributed by atoms with van der Waals surface area (Å²) < 4.78 is 12.4. The molecule has 1 aromatic heterocycles. The average molecular weight is 478 g/mol. The van der Waals surface area contributed by atoms with Gasteiger partial charge in [0.25, 0.3) is 5.56 Å². The molecule has 0 aliphatic carbocycles. The Labute approximate surface area is 198 Å². The van der Waals surface area contributed by atoms with Crippen LogP contribution >= 0.6 is 11.3 Å². The van der Waals surface area contributed by atoms with E-state index in [1.54, 1.807) is 63.4 Å². The highest BCUT2D eigenvalue weighted by Gasteiger charge is 2.33. The minimum absolute atomic E-state index is 0.0489. The van der Waals surface area contributed by atoms with Crippen molar-refractivity contribution in [2.24, 2.45) is 4.99 Å². The first-order chi connectivity index (χ1) is 16.3. The fraction of sp³-hybridized carbons (Fsp3) is 0.200. The molecule has 1 aliphatic rings. The zero-order chi connectivity index (χ0) is 24.4. The minimum Gasteiger partial charge on any atom is -0.545 e. The van der Waals surface area contributed by atoms with Crippen LogP contribution in [-0.2, 0) is 9.53 Å². The summed E-state index contributed by atoms with van der Waals surface area (Å²) in [6, 6.07) is 12.4. The zero-order valence-corrected chi connectivity index (χ0v) is 19.5. The summed E-state index contributed by atoms with van der Waals surface area (Å²) >= 11 is 1.19. The molecule has 2 aromatic carbocycles. The second-order valence-electron chi connectivity index (χ2n) is 7.48. The summed E-state index contributed by atoms with van der Waals surface area (Å²) in [6.45, 7) is 3.63. The molecule has 0 unspecified atom stereocenters. The Morgan fingerprint density at radius 2 is 1.82 bits per heavy atom. The van der Waals surface area contributed by atoms with Crippen molar-refractivity contribution in [1.82, 2.24) is 4.57 Å². The van der Waals surface area contributed by atoms with Gasteiger partial charge in [0.2, 0.25) is 0 Å². The highest BCUT2D eigenvalue weighted by atomic mass is 32.1. The Morgan fingerprint density at radius 3 is 2.41 bits per heavy atom. The van der Waals surface area contributed by atoms with Gasteiger partial charge in [-0.05, 0) is 48.7 Å². The Balaban J connectivity index is 1.90. The molecule has 0 saturated heterocycles. The number of hydrogen-bond donors (Lipinski definition) is 0. The number of hydrogen-bond acceptors (Lipinski definition) is 8. The number of nitrogens with zero attached hydrogens (tertiary/aromatic N) is 2. The fourth-order valence-electron chi connectivity index (χ4n) is 3.76. The van der Waals surface area contributed by atoms with Crippen molar-refractivity contribution < 1.29 is 24.2 Å². The lowest BCUT2D eigenvalue weighted by molar-refractivity contribution is -0.255. The summed E-state index contributed by atoms with van der Waals surface area (Å²) in [5.41, 5.74) is 1.87. The topological polar surface area (TPSA) is 110 Å². The van der Waals surface area contributed by atoms with Crippen molar-refractivity contribution in [2.45, 2.75) is 19.9 Å². The van der Waals surface area contributed by atoms with Crippen LogP contribution in [0.3, 0.4) is 0 Å². The standard InChI is InChI=1S/C25H22N2O6S/c1-4-33-24(31)20-14(2)26-25-27(21(20)16-9-11-18(32-3)12-10-16)22(28)19(34-25)13-15-5-7-17(8-6-15)23(29)30/h5-13,21H,4H2,1-3H3,(H,29,30)/p-1/b19-13-/t21-/m1/s1. The van der Waals surface area contributed by atoms with Gasteiger partial charge in [-0.2, -0.15) is 0 Å². The number of thiazole rings is 1. The van der Waals surface area contributed by atoms with Crippen molar-refractivity contribution >= 4 is 29.4 Å². The van der Waals surface area contributed by atoms with Crippen LogP contribution < -0.4 is 24.7 Å². The molecule has 0 radical (unpaired) electrons. The summed E-state index contributed by atoms with van der Waals surface area (Å²) in [5, 5.41) is 11.0. The van der Waals surface area contributed by atoms with E-state index in [0.717, 1.165) is 0 Å². The SMILES string of the molecule is CCOC(=O)C1=C(C)N=c2s/c(=C\c3ccc(C(=O)[O-])cc3)c(=O)n2[C@@H]1c1ccc(OC)cc1. The van der Waals surface area contributed by atoms with Crippen LogP contribution in [0.5, 0.6) is 5.75 Å². The van der Waals surface area contributed by atoms with E-state index in [0.29, 0.717) is 37.5 Å². The predicted molar refractivity (Wildman–Crippen MR) is 124 cm³/mol. The van der Waals surface area contributed by atoms with Crippen molar-refractivity contribution in [3.8, 4) is 5.75 Å². The van der Waals surface area contributed by atoms with E-state index in [1.807, 2.05) is 0 Å². The fourth-order valence-corrected chi connectivity index (χ4v) is 4.81. The first-order valence-corrected chi connectivity index (χ1v) is 11.3. The van der Waals surface area contributed by atoms with Crippen LogP contribution in [0.15, 0.2) is 69.6 Å². The highest BCUT2D eigenvalue weighted by Crippen LogP contribution is 2.31. The number of aromatic carboxylic acids is 1. The number of carbonyl (C=O) groups is 2. The number of allylic oxidation sites excluding steroid dienone is 1. The minimum atomic E-state index is -1.27. The molecule has 9 heteroatoms. The van der Waals surface area contributed by atoms with Crippen molar-refractivity contribution in [2.75, 3.05) is 13.7 Å². The third-order valence-corrected chi connectivity index (χ3v) is 6.38. The number of fused-ring (bicyclic) bond motifs is 1. The Hall–Kier alpha value is -3.98. The lowest BCUT2D eigenvalue weighted by Gasteiger charge is -2.24. The van der Waals surface area contributed by atoms with Crippen LogP contribution in [-0.4, -0.2) is 30.2 Å². The number of esters is 1. The molecular formula is C25H21N2O6S-. The number of benzene rings is 2. The van der Waals surface area contributed by atoms with Gasteiger partial charge in [0.1, 0.15) is 5.75 Å². The molecule has 0 saturated carbocycles. The number of carboxylic acids is 1. The second kappa shape index (κ2) is 9.48. The lowest BCUT2D eigenvalue weighted by Crippen LogP contribution is -2.39. The molecule has 3 aromatic rings. The molecule has 1 aliphatic heterocycles. The highest BCUT2D eigenvalue weighted by molar-refractivity contribution is 7.07. The predicted octanol–water partition coefficient (Wildman–Crippen LogP) is 1.17. The molecule has 0 fully saturated rings. The molecule has 0 amide bonds. The smallest absolute Gasteiger partial charge is 0.338 e. The van der Waals surface area contributed by atoms with E-state index in [-0.39, 0.29) is 17.7 Å². The maximum atomic E-state index is 13.5. The van der Waals surface area contributed by atoms with Crippen LogP contribution in [0.2, 0.25) is 0 Å². The molecule has 4 rings (SSSR count). The third-order valence-electron chi connectivity index (χ3n) is 5.39. The van der Waals surface area contributed by atoms with E-state index in [9.17, 15) is 19.5 Å². The van der Waals surface area contributed by atoms with Gasteiger partial charge in [-0.25, -0.2) is 9.79 Å². The quantitative estimate of drug-likeness (QED) is 0.493. The van der Waals surface area contributed by atoms with Gasteiger partial charge < -0.3 is 19.4 Å². The van der Waals surface area contributed by atoms with E-state index in [1.165, 1.54) is 28.0 Å². The molecule has 0 N–H and O–H groups in total. The van der Waals surface area contributed by atoms with Crippen LogP contribution in [0, 0.1) is 0 Å². The molecule has 8 nitrogen and oxygen atoms in total. The van der Waals surface area contributed by atoms with Gasteiger partial charge in [0, 0.05) is 0 Å². The van der Waals surface area contributed by atoms with Gasteiger partial charge in [0.15, 0.2) is 4.80 Å². The molecule has 2 heterocycles. The Morgan fingerprint density at radius 1 is 1.15 bits per heavy atom. The molecule has 34 heavy (non-hydrogen) atoms. The number of carbonyl (C=O) groups excluding carboxylic acids is 2. The third kappa shape index (κ3) is 4.29. The largest absolute Gasteiger partial charge is 0.545 e. The molecule has 174 valence electrons. The molecule has 0 spiro atoms. The first-order valence-electron chi connectivity index (χ1n) is 10.5. The molecule has 0 bridgehead atoms. The van der Waals surface area contributed by atoms with Crippen molar-refractivity contribution in [1.29, 1.82) is 0 Å². The second-order valence-corrected chi connectivity index (χ2v) is 8.49. The van der Waals surface area contributed by atoms with E-state index >= 15 is 0 Å². The van der Waals surface area contributed by atoms with Gasteiger partial charge in [-0.1, -0.05) is 47.7 Å². The van der Waals surface area contributed by atoms with Gasteiger partial charge in [-0.3, -0.25) is 9.36 Å². The average Bonchev–Trinajstić information content (AvgIpc) is 3.13. The molecule has 1 atom stereocenters. The zero-order valence-electron chi connectivity index (χ0n) is 18.7.